The van der Waals surface area contributed by atoms with Crippen molar-refractivity contribution in [1.82, 2.24) is 20.1 Å². The number of rotatable bonds is 2. The lowest BCUT2D eigenvalue weighted by molar-refractivity contribution is 0.0661. The van der Waals surface area contributed by atoms with Crippen molar-refractivity contribution in [2.75, 3.05) is 44.0 Å². The van der Waals surface area contributed by atoms with Crippen molar-refractivity contribution in [2.24, 2.45) is 0 Å². The predicted molar refractivity (Wildman–Crippen MR) is 87.8 cm³/mol. The van der Waals surface area contributed by atoms with Gasteiger partial charge in [0, 0.05) is 37.9 Å². The lowest BCUT2D eigenvalue weighted by Crippen LogP contribution is -2.51. The molecule has 11 nitrogen and oxygen atoms in total. The lowest BCUT2D eigenvalue weighted by Gasteiger charge is -2.34. The number of fused-ring (bicyclic) bond motifs is 1. The third-order valence-corrected chi connectivity index (χ3v) is 4.19. The average molecular weight is 360 g/mol. The Morgan fingerprint density at radius 3 is 2.50 bits per heavy atom. The number of benzene rings is 1. The Morgan fingerprint density at radius 2 is 1.77 bits per heavy atom. The number of nitrogens with zero attached hydrogens (tertiary/aromatic N) is 4. The third kappa shape index (κ3) is 2.94. The number of urea groups is 1. The number of hydrogen-bond donors (Lipinski definition) is 2. The molecule has 0 saturated carbocycles. The highest BCUT2D eigenvalue weighted by Gasteiger charge is 2.28. The Hall–Kier alpha value is -3.50. The van der Waals surface area contributed by atoms with E-state index in [0.717, 1.165) is 0 Å². The number of hydrogen-bond acceptors (Lipinski definition) is 8. The molecule has 0 aliphatic carbocycles. The van der Waals surface area contributed by atoms with Crippen molar-refractivity contribution in [2.45, 2.75) is 0 Å². The smallest absolute Gasteiger partial charge is 0.321 e. The molecular formula is C15H16N6O5. The second kappa shape index (κ2) is 6.43. The van der Waals surface area contributed by atoms with Crippen molar-refractivity contribution in [1.29, 1.82) is 0 Å². The Morgan fingerprint density at radius 1 is 1.04 bits per heavy atom. The molecule has 1 fully saturated rings. The lowest BCUT2D eigenvalue weighted by atomic mass is 10.2. The van der Waals surface area contributed by atoms with Crippen molar-refractivity contribution < 1.29 is 23.7 Å². The maximum atomic E-state index is 12.4. The van der Waals surface area contributed by atoms with E-state index in [0.29, 0.717) is 43.4 Å². The van der Waals surface area contributed by atoms with E-state index in [2.05, 4.69) is 20.3 Å². The molecule has 0 unspecified atom stereocenters. The molecule has 0 spiro atoms. The van der Waals surface area contributed by atoms with Gasteiger partial charge in [-0.1, -0.05) is 0 Å². The molecule has 0 radical (unpaired) electrons. The number of nitrogens with two attached hydrogens (primary N) is 1. The van der Waals surface area contributed by atoms with E-state index >= 15 is 0 Å². The van der Waals surface area contributed by atoms with Gasteiger partial charge in [-0.3, -0.25) is 4.79 Å². The number of nitrogen functional groups attached to an aromatic ring is 1. The van der Waals surface area contributed by atoms with E-state index in [-0.39, 0.29) is 30.2 Å². The van der Waals surface area contributed by atoms with Gasteiger partial charge in [-0.25, -0.2) is 9.42 Å². The van der Waals surface area contributed by atoms with Crippen LogP contribution >= 0.6 is 0 Å². The molecule has 4 rings (SSSR count). The molecule has 11 heteroatoms. The number of anilines is 2. The van der Waals surface area contributed by atoms with Gasteiger partial charge in [0.2, 0.25) is 18.3 Å². The predicted octanol–water partition coefficient (Wildman–Crippen LogP) is 0.370. The van der Waals surface area contributed by atoms with Gasteiger partial charge in [0.15, 0.2) is 11.5 Å². The minimum absolute atomic E-state index is 0.0109. The highest BCUT2D eigenvalue weighted by atomic mass is 16.7. The van der Waals surface area contributed by atoms with Crippen LogP contribution in [0.25, 0.3) is 0 Å². The molecule has 3 amide bonds. The second-order valence-electron chi connectivity index (χ2n) is 5.78. The van der Waals surface area contributed by atoms with Gasteiger partial charge in [0.05, 0.1) is 0 Å². The molecule has 3 heterocycles. The van der Waals surface area contributed by atoms with E-state index in [1.165, 1.54) is 0 Å². The van der Waals surface area contributed by atoms with Gasteiger partial charge in [-0.05, 0) is 22.4 Å². The summed E-state index contributed by atoms with van der Waals surface area (Å²) in [7, 11) is 0. The van der Waals surface area contributed by atoms with Crippen LogP contribution in [-0.4, -0.2) is 65.0 Å². The van der Waals surface area contributed by atoms with E-state index in [9.17, 15) is 9.59 Å². The molecule has 2 aromatic rings. The summed E-state index contributed by atoms with van der Waals surface area (Å²) in [6, 6.07) is 4.94. The Balaban J connectivity index is 1.33. The fourth-order valence-corrected chi connectivity index (χ4v) is 2.78. The number of carbonyl (C=O) groups excluding carboxylic acids is 2. The van der Waals surface area contributed by atoms with Gasteiger partial charge < -0.3 is 30.3 Å². The largest absolute Gasteiger partial charge is 0.454 e. The van der Waals surface area contributed by atoms with Gasteiger partial charge in [-0.15, -0.1) is 0 Å². The summed E-state index contributed by atoms with van der Waals surface area (Å²) in [5.74, 6) is 0.839. The molecule has 2 aliphatic rings. The standard InChI is InChI=1S/C15H16N6O5/c16-13-12(18-26-19-13)14(22)20-3-5-21(6-4-20)15(23)17-9-1-2-10-11(7-9)25-8-24-10/h1-2,7H,3-6,8H2,(H2,16,19)(H,17,23). The molecule has 1 saturated heterocycles. The number of aromatic nitrogens is 2. The van der Waals surface area contributed by atoms with Crippen LogP contribution in [0.1, 0.15) is 10.5 Å². The highest BCUT2D eigenvalue weighted by Crippen LogP contribution is 2.34. The summed E-state index contributed by atoms with van der Waals surface area (Å²) in [6.45, 7) is 1.66. The quantitative estimate of drug-likeness (QED) is 0.784. The van der Waals surface area contributed by atoms with Gasteiger partial charge in [-0.2, -0.15) is 0 Å². The first kappa shape index (κ1) is 16.0. The Kier molecular flexibility index (Phi) is 3.95. The fraction of sp³-hybridized carbons (Fsp3) is 0.333. The number of ether oxygens (including phenoxy) is 2. The molecule has 1 aromatic carbocycles. The number of piperazine rings is 1. The van der Waals surface area contributed by atoms with Crippen LogP contribution in [0.3, 0.4) is 0 Å². The first-order chi connectivity index (χ1) is 12.6. The molecule has 0 atom stereocenters. The summed E-state index contributed by atoms with van der Waals surface area (Å²) in [5, 5.41) is 9.72. The number of carbonyl (C=O) groups is 2. The van der Waals surface area contributed by atoms with Crippen LogP contribution in [0.15, 0.2) is 22.8 Å². The maximum absolute atomic E-state index is 12.4. The molecule has 2 aliphatic heterocycles. The summed E-state index contributed by atoms with van der Waals surface area (Å²) in [5.41, 5.74) is 6.14. The minimum atomic E-state index is -0.362. The monoisotopic (exact) mass is 360 g/mol. The van der Waals surface area contributed by atoms with Gasteiger partial charge in [0.1, 0.15) is 0 Å². The molecular weight excluding hydrogens is 344 g/mol. The molecule has 136 valence electrons. The number of nitrogens with one attached hydrogen (secondary N) is 1. The second-order valence-corrected chi connectivity index (χ2v) is 5.78. The molecule has 0 bridgehead atoms. The normalized spacial score (nSPS) is 15.8. The maximum Gasteiger partial charge on any atom is 0.321 e. The summed E-state index contributed by atoms with van der Waals surface area (Å²) >= 11 is 0. The van der Waals surface area contributed by atoms with Crippen molar-refractivity contribution in [3.8, 4) is 11.5 Å². The van der Waals surface area contributed by atoms with Crippen molar-refractivity contribution in [3.63, 3.8) is 0 Å². The first-order valence-electron chi connectivity index (χ1n) is 7.95. The van der Waals surface area contributed by atoms with Crippen LogP contribution in [0.2, 0.25) is 0 Å². The Bertz CT molecular complexity index is 845. The van der Waals surface area contributed by atoms with E-state index in [1.807, 2.05) is 0 Å². The molecule has 26 heavy (non-hydrogen) atoms. The Labute approximate surface area is 147 Å². The summed E-state index contributed by atoms with van der Waals surface area (Å²) in [4.78, 5) is 27.9. The van der Waals surface area contributed by atoms with Gasteiger partial charge in [0.25, 0.3) is 5.91 Å². The van der Waals surface area contributed by atoms with Crippen molar-refractivity contribution in [3.05, 3.63) is 23.9 Å². The zero-order valence-electron chi connectivity index (χ0n) is 13.7. The van der Waals surface area contributed by atoms with E-state index in [1.54, 1.807) is 28.0 Å². The van der Waals surface area contributed by atoms with Crippen LogP contribution < -0.4 is 20.5 Å². The zero-order chi connectivity index (χ0) is 18.1. The average Bonchev–Trinajstić information content (AvgIpc) is 3.29. The summed E-state index contributed by atoms with van der Waals surface area (Å²) in [6.07, 6.45) is 0. The van der Waals surface area contributed by atoms with Crippen LogP contribution in [-0.2, 0) is 0 Å². The summed E-state index contributed by atoms with van der Waals surface area (Å²) < 4.78 is 15.0. The first-order valence-corrected chi connectivity index (χ1v) is 7.95. The molecule has 1 aromatic heterocycles. The van der Waals surface area contributed by atoms with Crippen molar-refractivity contribution >= 4 is 23.4 Å². The zero-order valence-corrected chi connectivity index (χ0v) is 13.7. The van der Waals surface area contributed by atoms with E-state index in [4.69, 9.17) is 15.2 Å². The molecule has 3 N–H and O–H groups in total. The van der Waals surface area contributed by atoms with Crippen LogP contribution in [0.5, 0.6) is 11.5 Å². The third-order valence-electron chi connectivity index (χ3n) is 4.19. The fourth-order valence-electron chi connectivity index (χ4n) is 2.78. The van der Waals surface area contributed by atoms with Crippen LogP contribution in [0, 0.1) is 0 Å². The van der Waals surface area contributed by atoms with Gasteiger partial charge >= 0.3 is 6.03 Å². The van der Waals surface area contributed by atoms with E-state index < -0.39 is 0 Å². The highest BCUT2D eigenvalue weighted by molar-refractivity contribution is 5.96. The number of amides is 3. The minimum Gasteiger partial charge on any atom is -0.454 e. The van der Waals surface area contributed by atoms with Crippen LogP contribution in [0.4, 0.5) is 16.3 Å². The SMILES string of the molecule is Nc1nonc1C(=O)N1CCN(C(=O)Nc2ccc3c(c2)OCO3)CC1. The topological polar surface area (TPSA) is 136 Å².